The van der Waals surface area contributed by atoms with Crippen LogP contribution in [0, 0.1) is 17.8 Å². The van der Waals surface area contributed by atoms with Crippen molar-refractivity contribution in [2.24, 2.45) is 23.5 Å². The Labute approximate surface area is 119 Å². The summed E-state index contributed by atoms with van der Waals surface area (Å²) in [5.41, 5.74) is 6.01. The van der Waals surface area contributed by atoms with Crippen LogP contribution >= 0.6 is 0 Å². The molecule has 1 heterocycles. The molecule has 0 aromatic rings. The Kier molecular flexibility index (Phi) is 4.81. The fourth-order valence-electron chi connectivity index (χ4n) is 5.09. The Bertz CT molecular complexity index is 272. The third-order valence-electron chi connectivity index (χ3n) is 6.20. The molecule has 19 heavy (non-hydrogen) atoms. The SMILES string of the molecule is NCC1CCCCC1CN1CCCC1C1CCCC1. The third-order valence-corrected chi connectivity index (χ3v) is 6.20. The lowest BCUT2D eigenvalue weighted by Crippen LogP contribution is -2.41. The summed E-state index contributed by atoms with van der Waals surface area (Å²) in [6.45, 7) is 3.66. The van der Waals surface area contributed by atoms with Crippen LogP contribution in [0.25, 0.3) is 0 Å². The highest BCUT2D eigenvalue weighted by Gasteiger charge is 2.35. The normalized spacial score (nSPS) is 38.1. The number of hydrogen-bond acceptors (Lipinski definition) is 2. The van der Waals surface area contributed by atoms with Crippen molar-refractivity contribution in [3.63, 3.8) is 0 Å². The molecule has 3 aliphatic rings. The summed E-state index contributed by atoms with van der Waals surface area (Å²) < 4.78 is 0. The van der Waals surface area contributed by atoms with Gasteiger partial charge in [0.2, 0.25) is 0 Å². The molecular formula is C17H32N2. The minimum absolute atomic E-state index is 0.818. The van der Waals surface area contributed by atoms with Crippen molar-refractivity contribution in [3.8, 4) is 0 Å². The Morgan fingerprint density at radius 1 is 0.789 bits per heavy atom. The van der Waals surface area contributed by atoms with E-state index < -0.39 is 0 Å². The largest absolute Gasteiger partial charge is 0.330 e. The molecule has 0 spiro atoms. The van der Waals surface area contributed by atoms with E-state index in [1.165, 1.54) is 77.3 Å². The molecule has 1 aliphatic heterocycles. The van der Waals surface area contributed by atoms with Crippen LogP contribution < -0.4 is 5.73 Å². The molecule has 2 saturated carbocycles. The van der Waals surface area contributed by atoms with E-state index in [-0.39, 0.29) is 0 Å². The van der Waals surface area contributed by atoms with Crippen molar-refractivity contribution in [2.45, 2.75) is 70.3 Å². The average molecular weight is 264 g/mol. The quantitative estimate of drug-likeness (QED) is 0.843. The molecule has 1 saturated heterocycles. The summed E-state index contributed by atoms with van der Waals surface area (Å²) >= 11 is 0. The highest BCUT2D eigenvalue weighted by Crippen LogP contribution is 2.37. The molecule has 3 rings (SSSR count). The molecule has 3 fully saturated rings. The average Bonchev–Trinajstić information content (AvgIpc) is 3.09. The minimum atomic E-state index is 0.818. The molecule has 3 atom stereocenters. The topological polar surface area (TPSA) is 29.3 Å². The van der Waals surface area contributed by atoms with Crippen molar-refractivity contribution in [1.82, 2.24) is 4.90 Å². The van der Waals surface area contributed by atoms with E-state index in [1.54, 1.807) is 0 Å². The van der Waals surface area contributed by atoms with Crippen LogP contribution in [0.1, 0.15) is 64.2 Å². The van der Waals surface area contributed by atoms with Crippen LogP contribution in [0.4, 0.5) is 0 Å². The Balaban J connectivity index is 1.57. The number of likely N-dealkylation sites (tertiary alicyclic amines) is 1. The molecule has 0 bridgehead atoms. The fraction of sp³-hybridized carbons (Fsp3) is 1.00. The van der Waals surface area contributed by atoms with Gasteiger partial charge in [-0.3, -0.25) is 4.90 Å². The van der Waals surface area contributed by atoms with Gasteiger partial charge in [0.1, 0.15) is 0 Å². The minimum Gasteiger partial charge on any atom is -0.330 e. The summed E-state index contributed by atoms with van der Waals surface area (Å²) in [6.07, 6.45) is 14.6. The highest BCUT2D eigenvalue weighted by molar-refractivity contribution is 4.90. The molecule has 0 aromatic heterocycles. The van der Waals surface area contributed by atoms with Gasteiger partial charge in [-0.05, 0) is 69.4 Å². The van der Waals surface area contributed by atoms with Crippen LogP contribution in [0.15, 0.2) is 0 Å². The molecule has 0 aromatic carbocycles. The van der Waals surface area contributed by atoms with E-state index in [1.807, 2.05) is 0 Å². The van der Waals surface area contributed by atoms with Crippen LogP contribution in [-0.2, 0) is 0 Å². The lowest BCUT2D eigenvalue weighted by molar-refractivity contribution is 0.120. The molecule has 110 valence electrons. The fourth-order valence-corrected chi connectivity index (χ4v) is 5.09. The van der Waals surface area contributed by atoms with Gasteiger partial charge < -0.3 is 5.73 Å². The highest BCUT2D eigenvalue weighted by atomic mass is 15.2. The Morgan fingerprint density at radius 2 is 1.47 bits per heavy atom. The third kappa shape index (κ3) is 3.16. The molecule has 0 amide bonds. The van der Waals surface area contributed by atoms with Gasteiger partial charge in [-0.1, -0.05) is 25.7 Å². The van der Waals surface area contributed by atoms with Gasteiger partial charge in [0.25, 0.3) is 0 Å². The van der Waals surface area contributed by atoms with E-state index in [4.69, 9.17) is 5.73 Å². The molecule has 0 radical (unpaired) electrons. The molecule has 2 nitrogen and oxygen atoms in total. The van der Waals surface area contributed by atoms with Gasteiger partial charge in [-0.25, -0.2) is 0 Å². The van der Waals surface area contributed by atoms with E-state index in [0.29, 0.717) is 0 Å². The standard InChI is InChI=1S/C17H32N2/c18-12-15-8-3-4-9-16(15)13-19-11-5-10-17(19)14-6-1-2-7-14/h14-17H,1-13,18H2. The van der Waals surface area contributed by atoms with Gasteiger partial charge in [0.05, 0.1) is 0 Å². The Morgan fingerprint density at radius 3 is 2.21 bits per heavy atom. The van der Waals surface area contributed by atoms with Gasteiger partial charge in [0, 0.05) is 12.6 Å². The van der Waals surface area contributed by atoms with Crippen molar-refractivity contribution < 1.29 is 0 Å². The summed E-state index contributed by atoms with van der Waals surface area (Å²) in [4.78, 5) is 2.87. The zero-order valence-electron chi connectivity index (χ0n) is 12.5. The summed E-state index contributed by atoms with van der Waals surface area (Å²) in [5, 5.41) is 0. The smallest absolute Gasteiger partial charge is 0.0124 e. The number of nitrogens with two attached hydrogens (primary N) is 1. The second kappa shape index (κ2) is 6.58. The van der Waals surface area contributed by atoms with E-state index >= 15 is 0 Å². The first kappa shape index (κ1) is 13.9. The lowest BCUT2D eigenvalue weighted by Gasteiger charge is -2.37. The predicted molar refractivity (Wildman–Crippen MR) is 81.1 cm³/mol. The molecule has 2 N–H and O–H groups in total. The summed E-state index contributed by atoms with van der Waals surface area (Å²) in [6, 6.07) is 0.933. The first-order valence-corrected chi connectivity index (χ1v) is 8.82. The van der Waals surface area contributed by atoms with E-state index in [0.717, 1.165) is 30.3 Å². The van der Waals surface area contributed by atoms with E-state index in [9.17, 15) is 0 Å². The maximum atomic E-state index is 6.01. The zero-order chi connectivity index (χ0) is 13.1. The van der Waals surface area contributed by atoms with Gasteiger partial charge in [0.15, 0.2) is 0 Å². The number of nitrogens with zero attached hydrogens (tertiary/aromatic N) is 1. The molecular weight excluding hydrogens is 232 g/mol. The van der Waals surface area contributed by atoms with Gasteiger partial charge in [-0.2, -0.15) is 0 Å². The van der Waals surface area contributed by atoms with Crippen molar-refractivity contribution in [2.75, 3.05) is 19.6 Å². The van der Waals surface area contributed by atoms with Gasteiger partial charge in [-0.15, -0.1) is 0 Å². The first-order valence-electron chi connectivity index (χ1n) is 8.82. The molecule has 2 heteroatoms. The summed E-state index contributed by atoms with van der Waals surface area (Å²) in [5.74, 6) is 2.75. The van der Waals surface area contributed by atoms with Crippen molar-refractivity contribution >= 4 is 0 Å². The zero-order valence-corrected chi connectivity index (χ0v) is 12.5. The van der Waals surface area contributed by atoms with Crippen LogP contribution in [0.2, 0.25) is 0 Å². The number of hydrogen-bond donors (Lipinski definition) is 1. The maximum absolute atomic E-state index is 6.01. The maximum Gasteiger partial charge on any atom is 0.0124 e. The molecule has 3 unspecified atom stereocenters. The predicted octanol–water partition coefficient (Wildman–Crippen LogP) is 3.41. The first-order chi connectivity index (χ1) is 9.38. The Hall–Kier alpha value is -0.0800. The van der Waals surface area contributed by atoms with Gasteiger partial charge >= 0.3 is 0 Å². The van der Waals surface area contributed by atoms with Crippen molar-refractivity contribution in [1.29, 1.82) is 0 Å². The van der Waals surface area contributed by atoms with E-state index in [2.05, 4.69) is 4.90 Å². The number of rotatable bonds is 4. The lowest BCUT2D eigenvalue weighted by atomic mass is 9.78. The van der Waals surface area contributed by atoms with Crippen LogP contribution in [0.5, 0.6) is 0 Å². The second-order valence-corrected chi connectivity index (χ2v) is 7.29. The van der Waals surface area contributed by atoms with Crippen LogP contribution in [0.3, 0.4) is 0 Å². The monoisotopic (exact) mass is 264 g/mol. The molecule has 2 aliphatic carbocycles. The summed E-state index contributed by atoms with van der Waals surface area (Å²) in [7, 11) is 0. The van der Waals surface area contributed by atoms with Crippen molar-refractivity contribution in [3.05, 3.63) is 0 Å². The van der Waals surface area contributed by atoms with Crippen LogP contribution in [-0.4, -0.2) is 30.6 Å². The second-order valence-electron chi connectivity index (χ2n) is 7.29.